The molecule has 180 valence electrons. The molecule has 1 aromatic rings. The fourth-order valence-corrected chi connectivity index (χ4v) is 6.49. The lowest BCUT2D eigenvalue weighted by molar-refractivity contribution is -0.145. The molecule has 0 saturated heterocycles. The Kier molecular flexibility index (Phi) is 10.1. The van der Waals surface area contributed by atoms with Crippen LogP contribution in [0, 0.1) is 11.8 Å². The second kappa shape index (κ2) is 12.8. The van der Waals surface area contributed by atoms with E-state index in [4.69, 9.17) is 0 Å². The second-order valence-corrected chi connectivity index (χ2v) is 11.0. The van der Waals surface area contributed by atoms with Crippen LogP contribution in [0.15, 0.2) is 24.3 Å². The Balaban J connectivity index is 1.53. The third kappa shape index (κ3) is 6.61. The fourth-order valence-electron chi connectivity index (χ4n) is 6.49. The third-order valence-corrected chi connectivity index (χ3v) is 8.83. The Morgan fingerprint density at radius 2 is 1.31 bits per heavy atom. The molecule has 0 radical (unpaired) electrons. The van der Waals surface area contributed by atoms with Crippen molar-refractivity contribution < 1.29 is 9.90 Å². The number of hydrogen-bond acceptors (Lipinski definition) is 1. The van der Waals surface area contributed by atoms with E-state index in [1.54, 1.807) is 0 Å². The van der Waals surface area contributed by atoms with Crippen molar-refractivity contribution in [1.82, 2.24) is 0 Å². The predicted molar refractivity (Wildman–Crippen MR) is 135 cm³/mol. The molecule has 0 aliphatic heterocycles. The summed E-state index contributed by atoms with van der Waals surface area (Å²) >= 11 is 0. The average molecular weight is 441 g/mol. The summed E-state index contributed by atoms with van der Waals surface area (Å²) in [7, 11) is 0. The van der Waals surface area contributed by atoms with Gasteiger partial charge >= 0.3 is 5.97 Å². The van der Waals surface area contributed by atoms with Crippen molar-refractivity contribution in [2.24, 2.45) is 11.8 Å². The quantitative estimate of drug-likeness (QED) is 0.329. The van der Waals surface area contributed by atoms with Crippen LogP contribution < -0.4 is 0 Å². The van der Waals surface area contributed by atoms with E-state index < -0.39 is 11.4 Å². The number of carboxylic acid groups (broad SMARTS) is 1. The van der Waals surface area contributed by atoms with E-state index in [0.717, 1.165) is 43.1 Å². The molecule has 2 saturated carbocycles. The first-order valence-electron chi connectivity index (χ1n) is 13.9. The van der Waals surface area contributed by atoms with E-state index in [9.17, 15) is 9.90 Å². The molecular weight excluding hydrogens is 392 g/mol. The van der Waals surface area contributed by atoms with Gasteiger partial charge in [-0.1, -0.05) is 95.9 Å². The molecular formula is C30H48O2. The summed E-state index contributed by atoms with van der Waals surface area (Å²) in [6, 6.07) is 8.86. The third-order valence-electron chi connectivity index (χ3n) is 8.83. The van der Waals surface area contributed by atoms with E-state index in [1.807, 2.05) is 0 Å². The molecule has 0 amide bonds. The largest absolute Gasteiger partial charge is 0.481 e. The van der Waals surface area contributed by atoms with E-state index in [-0.39, 0.29) is 0 Å². The summed E-state index contributed by atoms with van der Waals surface area (Å²) in [5.41, 5.74) is 1.83. The van der Waals surface area contributed by atoms with E-state index >= 15 is 0 Å². The Labute approximate surface area is 197 Å². The van der Waals surface area contributed by atoms with Gasteiger partial charge < -0.3 is 5.11 Å². The topological polar surface area (TPSA) is 37.3 Å². The molecule has 2 fully saturated rings. The van der Waals surface area contributed by atoms with Crippen LogP contribution in [0.1, 0.15) is 140 Å². The lowest BCUT2D eigenvalue weighted by atomic mass is 9.65. The summed E-state index contributed by atoms with van der Waals surface area (Å²) in [6.45, 7) is 4.54. The van der Waals surface area contributed by atoms with Crippen molar-refractivity contribution in [2.75, 3.05) is 0 Å². The molecule has 2 heteroatoms. The van der Waals surface area contributed by atoms with Gasteiger partial charge in [-0.3, -0.25) is 4.79 Å². The van der Waals surface area contributed by atoms with Crippen molar-refractivity contribution in [3.63, 3.8) is 0 Å². The summed E-state index contributed by atoms with van der Waals surface area (Å²) in [6.07, 6.45) is 21.2. The van der Waals surface area contributed by atoms with Crippen molar-refractivity contribution >= 4 is 5.97 Å². The van der Waals surface area contributed by atoms with E-state index in [1.165, 1.54) is 89.0 Å². The maximum atomic E-state index is 12.4. The number of carbonyl (C=O) groups is 1. The Bertz CT molecular complexity index is 661. The minimum absolute atomic E-state index is 0.610. The Hall–Kier alpha value is -1.31. The van der Waals surface area contributed by atoms with Crippen molar-refractivity contribution in [3.05, 3.63) is 35.4 Å². The first-order valence-corrected chi connectivity index (χ1v) is 13.9. The number of carboxylic acids is 1. The zero-order valence-corrected chi connectivity index (χ0v) is 20.9. The first kappa shape index (κ1) is 25.3. The van der Waals surface area contributed by atoms with Crippen molar-refractivity contribution in [3.8, 4) is 0 Å². The zero-order valence-electron chi connectivity index (χ0n) is 20.9. The van der Waals surface area contributed by atoms with Gasteiger partial charge in [-0.05, 0) is 80.2 Å². The molecule has 0 bridgehead atoms. The van der Waals surface area contributed by atoms with Gasteiger partial charge in [-0.25, -0.2) is 0 Å². The van der Waals surface area contributed by atoms with Crippen LogP contribution in [0.25, 0.3) is 0 Å². The minimum atomic E-state index is -0.657. The normalized spacial score (nSPS) is 28.5. The highest BCUT2D eigenvalue weighted by atomic mass is 16.4. The molecule has 3 rings (SSSR count). The van der Waals surface area contributed by atoms with Crippen molar-refractivity contribution in [2.45, 2.75) is 134 Å². The monoisotopic (exact) mass is 440 g/mol. The van der Waals surface area contributed by atoms with Crippen molar-refractivity contribution in [1.29, 1.82) is 0 Å². The smallest absolute Gasteiger partial charge is 0.314 e. The van der Waals surface area contributed by atoms with Gasteiger partial charge in [0, 0.05) is 0 Å². The molecule has 2 aliphatic carbocycles. The SMILES string of the molecule is CCCCCCC1CCC(c2ccc(C3(C(=O)O)CCC(CCCCC)CC3)cc2)CC1. The number of benzene rings is 1. The van der Waals surface area contributed by atoms with Crippen LogP contribution in [0.4, 0.5) is 0 Å². The maximum absolute atomic E-state index is 12.4. The van der Waals surface area contributed by atoms with Gasteiger partial charge in [-0.2, -0.15) is 0 Å². The highest BCUT2D eigenvalue weighted by Gasteiger charge is 2.43. The molecule has 0 atom stereocenters. The molecule has 1 aromatic carbocycles. The van der Waals surface area contributed by atoms with Crippen LogP contribution >= 0.6 is 0 Å². The molecule has 0 unspecified atom stereocenters. The molecule has 0 aromatic heterocycles. The van der Waals surface area contributed by atoms with E-state index in [0.29, 0.717) is 5.92 Å². The van der Waals surface area contributed by atoms with Crippen LogP contribution in [0.5, 0.6) is 0 Å². The molecule has 2 nitrogen and oxygen atoms in total. The summed E-state index contributed by atoms with van der Waals surface area (Å²) < 4.78 is 0. The van der Waals surface area contributed by atoms with E-state index in [2.05, 4.69) is 38.1 Å². The van der Waals surface area contributed by atoms with Gasteiger partial charge in [0.15, 0.2) is 0 Å². The number of aliphatic carboxylic acids is 1. The first-order chi connectivity index (χ1) is 15.6. The van der Waals surface area contributed by atoms with Crippen LogP contribution in [-0.2, 0) is 10.2 Å². The van der Waals surface area contributed by atoms with Crippen LogP contribution in [0.2, 0.25) is 0 Å². The minimum Gasteiger partial charge on any atom is -0.481 e. The van der Waals surface area contributed by atoms with Gasteiger partial charge in [0.2, 0.25) is 0 Å². The van der Waals surface area contributed by atoms with Crippen LogP contribution in [-0.4, -0.2) is 11.1 Å². The highest BCUT2D eigenvalue weighted by Crippen LogP contribution is 2.44. The van der Waals surface area contributed by atoms with Gasteiger partial charge in [-0.15, -0.1) is 0 Å². The molecule has 1 N–H and O–H groups in total. The molecule has 0 spiro atoms. The lowest BCUT2D eigenvalue weighted by Crippen LogP contribution is -2.39. The molecule has 2 aliphatic rings. The Morgan fingerprint density at radius 3 is 1.88 bits per heavy atom. The number of hydrogen-bond donors (Lipinski definition) is 1. The van der Waals surface area contributed by atoms with Gasteiger partial charge in [0.1, 0.15) is 0 Å². The average Bonchev–Trinajstić information content (AvgIpc) is 2.83. The predicted octanol–water partition coefficient (Wildman–Crippen LogP) is 9.02. The lowest BCUT2D eigenvalue weighted by Gasteiger charge is -2.37. The summed E-state index contributed by atoms with van der Waals surface area (Å²) in [5.74, 6) is 1.72. The Morgan fingerprint density at radius 1 is 0.781 bits per heavy atom. The molecule has 0 heterocycles. The van der Waals surface area contributed by atoms with Crippen LogP contribution in [0.3, 0.4) is 0 Å². The second-order valence-electron chi connectivity index (χ2n) is 11.0. The highest BCUT2D eigenvalue weighted by molar-refractivity contribution is 5.81. The maximum Gasteiger partial charge on any atom is 0.314 e. The standard InChI is InChI=1S/C30H48O2/c1-3-5-7-9-11-24-12-14-26(15-13-24)27-16-18-28(19-17-27)30(29(31)32)22-20-25(21-23-30)10-8-6-4-2/h16-19,24-26H,3-15,20-23H2,1-2H3,(H,31,32). The molecule has 32 heavy (non-hydrogen) atoms. The zero-order chi connectivity index (χ0) is 22.8. The number of rotatable bonds is 12. The fraction of sp³-hybridized carbons (Fsp3) is 0.767. The number of unbranched alkanes of at least 4 members (excludes halogenated alkanes) is 5. The summed E-state index contributed by atoms with van der Waals surface area (Å²) in [5, 5.41) is 10.2. The van der Waals surface area contributed by atoms with Gasteiger partial charge in [0.25, 0.3) is 0 Å². The summed E-state index contributed by atoms with van der Waals surface area (Å²) in [4.78, 5) is 12.4. The van der Waals surface area contributed by atoms with Gasteiger partial charge in [0.05, 0.1) is 5.41 Å².